The fourth-order valence-corrected chi connectivity index (χ4v) is 5.71. The molecule has 2 heterocycles. The Bertz CT molecular complexity index is 1260. The molecule has 1 aromatic heterocycles. The van der Waals surface area contributed by atoms with Crippen LogP contribution in [0.1, 0.15) is 41.8 Å². The van der Waals surface area contributed by atoms with Crippen LogP contribution >= 0.6 is 11.6 Å². The summed E-state index contributed by atoms with van der Waals surface area (Å²) in [4.78, 5) is 13.2. The van der Waals surface area contributed by atoms with E-state index in [-0.39, 0.29) is 38.2 Å². The molecule has 1 N–H and O–H groups in total. The van der Waals surface area contributed by atoms with Gasteiger partial charge in [-0.1, -0.05) is 41.7 Å². The van der Waals surface area contributed by atoms with E-state index in [9.17, 15) is 17.6 Å². The zero-order chi connectivity index (χ0) is 23.6. The van der Waals surface area contributed by atoms with Crippen molar-refractivity contribution in [3.63, 3.8) is 0 Å². The van der Waals surface area contributed by atoms with Gasteiger partial charge in [0.05, 0.1) is 15.5 Å². The minimum absolute atomic E-state index is 0.0165. The van der Waals surface area contributed by atoms with Gasteiger partial charge in [0.2, 0.25) is 10.0 Å². The van der Waals surface area contributed by atoms with Crippen molar-refractivity contribution < 1.29 is 22.1 Å². The Hall–Kier alpha value is -2.75. The molecular formula is C23H23ClFN3O4S. The van der Waals surface area contributed by atoms with Gasteiger partial charge in [-0.2, -0.15) is 4.31 Å². The van der Waals surface area contributed by atoms with Gasteiger partial charge in [0, 0.05) is 18.8 Å². The first-order chi connectivity index (χ1) is 15.8. The van der Waals surface area contributed by atoms with Crippen molar-refractivity contribution in [3.8, 4) is 11.3 Å². The Morgan fingerprint density at radius 2 is 1.82 bits per heavy atom. The number of amides is 1. The van der Waals surface area contributed by atoms with Gasteiger partial charge in [0.15, 0.2) is 0 Å². The number of nitrogens with one attached hydrogen (secondary N) is 1. The Morgan fingerprint density at radius 3 is 2.52 bits per heavy atom. The molecule has 33 heavy (non-hydrogen) atoms. The molecule has 0 atom stereocenters. The largest absolute Gasteiger partial charge is 0.360 e. The third-order valence-corrected chi connectivity index (χ3v) is 7.79. The summed E-state index contributed by atoms with van der Waals surface area (Å²) in [6.07, 6.45) is 3.66. The van der Waals surface area contributed by atoms with E-state index in [1.54, 1.807) is 12.1 Å². The van der Waals surface area contributed by atoms with E-state index < -0.39 is 21.7 Å². The van der Waals surface area contributed by atoms with Crippen LogP contribution in [0.4, 0.5) is 10.1 Å². The molecule has 1 aliphatic heterocycles. The van der Waals surface area contributed by atoms with Gasteiger partial charge in [-0.3, -0.25) is 4.79 Å². The molecule has 1 amide bonds. The molecule has 0 aliphatic carbocycles. The van der Waals surface area contributed by atoms with Crippen molar-refractivity contribution in [2.45, 2.75) is 37.5 Å². The van der Waals surface area contributed by atoms with Gasteiger partial charge < -0.3 is 9.84 Å². The van der Waals surface area contributed by atoms with Crippen LogP contribution in [0.5, 0.6) is 0 Å². The van der Waals surface area contributed by atoms with Crippen LogP contribution < -0.4 is 5.32 Å². The molecule has 10 heteroatoms. The van der Waals surface area contributed by atoms with Gasteiger partial charge in [-0.15, -0.1) is 0 Å². The van der Waals surface area contributed by atoms with Crippen LogP contribution in [0, 0.1) is 12.7 Å². The third kappa shape index (κ3) is 4.80. The smallest absolute Gasteiger partial charge is 0.261 e. The summed E-state index contributed by atoms with van der Waals surface area (Å²) in [7, 11) is -3.68. The summed E-state index contributed by atoms with van der Waals surface area (Å²) in [5.74, 6) is -1.09. The maximum atomic E-state index is 14.4. The lowest BCUT2D eigenvalue weighted by molar-refractivity contribution is 0.102. The first-order valence-electron chi connectivity index (χ1n) is 10.6. The van der Waals surface area contributed by atoms with E-state index in [0.717, 1.165) is 25.7 Å². The molecule has 2 aromatic carbocycles. The zero-order valence-electron chi connectivity index (χ0n) is 18.0. The Kier molecular flexibility index (Phi) is 6.83. The highest BCUT2D eigenvalue weighted by Gasteiger charge is 2.27. The van der Waals surface area contributed by atoms with Crippen molar-refractivity contribution in [2.75, 3.05) is 18.4 Å². The molecule has 1 saturated heterocycles. The number of nitrogens with zero attached hydrogens (tertiary/aromatic N) is 2. The lowest BCUT2D eigenvalue weighted by atomic mass is 10.0. The SMILES string of the molecule is Cc1onc(-c2c(F)cccc2Cl)c1C(=O)Nc1cccc(S(=O)(=O)N2CCCCCC2)c1. The van der Waals surface area contributed by atoms with Gasteiger partial charge >= 0.3 is 0 Å². The molecule has 3 aromatic rings. The van der Waals surface area contributed by atoms with Crippen molar-refractivity contribution in [2.24, 2.45) is 0 Å². The van der Waals surface area contributed by atoms with Crippen molar-refractivity contribution in [1.82, 2.24) is 9.46 Å². The number of hydrogen-bond donors (Lipinski definition) is 1. The Labute approximate surface area is 196 Å². The number of carbonyl (C=O) groups is 1. The van der Waals surface area contributed by atoms with Crippen LogP contribution in [0.2, 0.25) is 5.02 Å². The molecule has 0 bridgehead atoms. The fraction of sp³-hybridized carbons (Fsp3) is 0.304. The van der Waals surface area contributed by atoms with Crippen molar-refractivity contribution in [3.05, 3.63) is 64.6 Å². The molecule has 1 fully saturated rings. The average molecular weight is 492 g/mol. The predicted molar refractivity (Wildman–Crippen MR) is 123 cm³/mol. The van der Waals surface area contributed by atoms with Crippen molar-refractivity contribution in [1.29, 1.82) is 0 Å². The minimum Gasteiger partial charge on any atom is -0.360 e. The number of anilines is 1. The second-order valence-electron chi connectivity index (χ2n) is 7.86. The molecule has 0 spiro atoms. The van der Waals surface area contributed by atoms with E-state index in [2.05, 4.69) is 10.5 Å². The lowest BCUT2D eigenvalue weighted by Crippen LogP contribution is -2.32. The summed E-state index contributed by atoms with van der Waals surface area (Å²) in [5, 5.41) is 6.59. The summed E-state index contributed by atoms with van der Waals surface area (Å²) in [6.45, 7) is 2.48. The van der Waals surface area contributed by atoms with Gasteiger partial charge in [-0.05, 0) is 50.1 Å². The number of sulfonamides is 1. The summed E-state index contributed by atoms with van der Waals surface area (Å²) in [6, 6.07) is 10.2. The van der Waals surface area contributed by atoms with Crippen LogP contribution in [0.3, 0.4) is 0 Å². The maximum absolute atomic E-state index is 14.4. The molecule has 7 nitrogen and oxygen atoms in total. The quantitative estimate of drug-likeness (QED) is 0.525. The van der Waals surface area contributed by atoms with E-state index >= 15 is 0 Å². The van der Waals surface area contributed by atoms with Crippen LogP contribution in [-0.2, 0) is 10.0 Å². The number of aryl methyl sites for hydroxylation is 1. The number of hydrogen-bond acceptors (Lipinski definition) is 5. The highest BCUT2D eigenvalue weighted by molar-refractivity contribution is 7.89. The zero-order valence-corrected chi connectivity index (χ0v) is 19.5. The van der Waals surface area contributed by atoms with Gasteiger partial charge in [0.1, 0.15) is 22.8 Å². The molecular weight excluding hydrogens is 469 g/mol. The van der Waals surface area contributed by atoms with E-state index in [1.165, 1.54) is 41.6 Å². The first-order valence-corrected chi connectivity index (χ1v) is 12.4. The highest BCUT2D eigenvalue weighted by atomic mass is 35.5. The maximum Gasteiger partial charge on any atom is 0.261 e. The second-order valence-corrected chi connectivity index (χ2v) is 10.2. The van der Waals surface area contributed by atoms with Crippen LogP contribution in [-0.4, -0.2) is 36.9 Å². The van der Waals surface area contributed by atoms with E-state index in [1.807, 2.05) is 0 Å². The Balaban J connectivity index is 1.63. The van der Waals surface area contributed by atoms with Crippen molar-refractivity contribution >= 4 is 33.2 Å². The molecule has 174 valence electrons. The summed E-state index contributed by atoms with van der Waals surface area (Å²) < 4.78 is 47.3. The summed E-state index contributed by atoms with van der Waals surface area (Å²) in [5.41, 5.74) is 0.227. The number of halogens is 2. The Morgan fingerprint density at radius 1 is 1.12 bits per heavy atom. The number of benzene rings is 2. The van der Waals surface area contributed by atoms with Crippen LogP contribution in [0.15, 0.2) is 51.9 Å². The summed E-state index contributed by atoms with van der Waals surface area (Å²) >= 11 is 6.14. The van der Waals surface area contributed by atoms with E-state index in [4.69, 9.17) is 16.1 Å². The standard InChI is InChI=1S/C23H23ClFN3O4S/c1-15-20(22(27-32-15)21-18(24)10-7-11-19(21)25)23(29)26-16-8-6-9-17(14-16)33(30,31)28-12-4-2-3-5-13-28/h6-11,14H,2-5,12-13H2,1H3,(H,26,29). The molecule has 1 aliphatic rings. The molecule has 0 radical (unpaired) electrons. The van der Waals surface area contributed by atoms with Gasteiger partial charge in [-0.25, -0.2) is 12.8 Å². The first kappa shape index (κ1) is 23.4. The fourth-order valence-electron chi connectivity index (χ4n) is 3.89. The molecule has 0 unspecified atom stereocenters. The lowest BCUT2D eigenvalue weighted by Gasteiger charge is -2.20. The number of aromatic nitrogens is 1. The predicted octanol–water partition coefficient (Wildman–Crippen LogP) is 5.26. The second kappa shape index (κ2) is 9.62. The minimum atomic E-state index is -3.68. The monoisotopic (exact) mass is 491 g/mol. The van der Waals surface area contributed by atoms with Gasteiger partial charge in [0.25, 0.3) is 5.91 Å². The normalized spacial score (nSPS) is 15.2. The van der Waals surface area contributed by atoms with E-state index in [0.29, 0.717) is 13.1 Å². The average Bonchev–Trinajstić information content (AvgIpc) is 2.98. The number of carbonyl (C=O) groups excluding carboxylic acids is 1. The molecule has 4 rings (SSSR count). The highest BCUT2D eigenvalue weighted by Crippen LogP contribution is 2.34. The van der Waals surface area contributed by atoms with Crippen LogP contribution in [0.25, 0.3) is 11.3 Å². The number of rotatable bonds is 5. The topological polar surface area (TPSA) is 92.5 Å². The third-order valence-electron chi connectivity index (χ3n) is 5.58. The molecule has 0 saturated carbocycles.